The van der Waals surface area contributed by atoms with Gasteiger partial charge >= 0.3 is 12.0 Å². The van der Waals surface area contributed by atoms with E-state index in [1.54, 1.807) is 17.0 Å². The summed E-state index contributed by atoms with van der Waals surface area (Å²) < 4.78 is 18.2. The van der Waals surface area contributed by atoms with Crippen molar-refractivity contribution in [1.29, 1.82) is 0 Å². The van der Waals surface area contributed by atoms with Crippen molar-refractivity contribution in [1.82, 2.24) is 9.97 Å². The number of aromatic carboxylic acids is 1. The maximum absolute atomic E-state index is 13.4. The van der Waals surface area contributed by atoms with Crippen LogP contribution >= 0.6 is 11.3 Å². The number of amides is 2. The van der Waals surface area contributed by atoms with Crippen molar-refractivity contribution >= 4 is 44.4 Å². The van der Waals surface area contributed by atoms with Gasteiger partial charge in [-0.25, -0.2) is 19.6 Å². The molecule has 0 saturated heterocycles. The number of carbonyl (C=O) groups is 2. The van der Waals surface area contributed by atoms with E-state index < -0.39 is 5.97 Å². The summed E-state index contributed by atoms with van der Waals surface area (Å²) in [5.74, 6) is 0.685. The van der Waals surface area contributed by atoms with Crippen LogP contribution in [0.1, 0.15) is 34.5 Å². The van der Waals surface area contributed by atoms with Crippen molar-refractivity contribution < 1.29 is 28.9 Å². The maximum Gasteiger partial charge on any atom is 0.358 e. The number of fused-ring (bicyclic) bond motifs is 3. The molecule has 2 aliphatic heterocycles. The fourth-order valence-corrected chi connectivity index (χ4v) is 6.45. The van der Waals surface area contributed by atoms with Crippen molar-refractivity contribution in [2.24, 2.45) is 0 Å². The van der Waals surface area contributed by atoms with E-state index in [9.17, 15) is 14.7 Å². The molecule has 2 aromatic heterocycles. The second kappa shape index (κ2) is 12.4. The van der Waals surface area contributed by atoms with Gasteiger partial charge in [0.05, 0.1) is 35.7 Å². The number of para-hydroxylation sites is 1. The maximum atomic E-state index is 13.4. The molecule has 3 aromatic carbocycles. The third-order valence-electron chi connectivity index (χ3n) is 7.79. The second-order valence-electron chi connectivity index (χ2n) is 10.8. The Labute approximate surface area is 263 Å². The van der Waals surface area contributed by atoms with E-state index in [2.05, 4.69) is 15.3 Å². The van der Waals surface area contributed by atoms with Crippen LogP contribution in [0, 0.1) is 0 Å². The molecule has 45 heavy (non-hydrogen) atoms. The van der Waals surface area contributed by atoms with Crippen molar-refractivity contribution in [2.75, 3.05) is 36.6 Å². The molecule has 0 radical (unpaired) electrons. The Bertz CT molecular complexity index is 1870. The van der Waals surface area contributed by atoms with Crippen LogP contribution in [0.2, 0.25) is 0 Å². The van der Waals surface area contributed by atoms with Crippen LogP contribution in [0.3, 0.4) is 0 Å². The van der Waals surface area contributed by atoms with Crippen molar-refractivity contribution in [3.63, 3.8) is 0 Å². The SMILES string of the molecule is O=C(O)c1nc(-c2ccc3c(c2)N(C(=O)Nc2nc4ccccc4s2)CCC3)ccc1OCCCOc1ccc2c(c1)CCO2. The van der Waals surface area contributed by atoms with Crippen molar-refractivity contribution in [2.45, 2.75) is 25.7 Å². The number of anilines is 2. The van der Waals surface area contributed by atoms with Gasteiger partial charge in [-0.05, 0) is 66.9 Å². The molecule has 5 aromatic rings. The number of benzene rings is 3. The predicted octanol–water partition coefficient (Wildman–Crippen LogP) is 6.82. The van der Waals surface area contributed by atoms with Crippen LogP contribution in [0.25, 0.3) is 21.5 Å². The highest BCUT2D eigenvalue weighted by Crippen LogP contribution is 2.34. The zero-order chi connectivity index (χ0) is 30.8. The minimum Gasteiger partial charge on any atom is -0.493 e. The molecular formula is C34H30N4O6S. The van der Waals surface area contributed by atoms with E-state index >= 15 is 0 Å². The lowest BCUT2D eigenvalue weighted by molar-refractivity contribution is 0.0685. The predicted molar refractivity (Wildman–Crippen MR) is 172 cm³/mol. The minimum absolute atomic E-state index is 0.171. The monoisotopic (exact) mass is 622 g/mol. The Balaban J connectivity index is 1.02. The van der Waals surface area contributed by atoms with Gasteiger partial charge in [-0.3, -0.25) is 10.2 Å². The summed E-state index contributed by atoms with van der Waals surface area (Å²) in [6.45, 7) is 1.94. The molecule has 2 N–H and O–H groups in total. The smallest absolute Gasteiger partial charge is 0.358 e. The highest BCUT2D eigenvalue weighted by Gasteiger charge is 2.25. The lowest BCUT2D eigenvalue weighted by Gasteiger charge is -2.29. The number of nitrogens with zero attached hydrogens (tertiary/aromatic N) is 3. The summed E-state index contributed by atoms with van der Waals surface area (Å²) >= 11 is 1.43. The Kier molecular flexibility index (Phi) is 7.91. The summed E-state index contributed by atoms with van der Waals surface area (Å²) in [5, 5.41) is 13.4. The van der Waals surface area contributed by atoms with Crippen molar-refractivity contribution in [3.05, 3.63) is 89.6 Å². The Morgan fingerprint density at radius 2 is 1.84 bits per heavy atom. The number of carboxylic acids is 1. The van der Waals surface area contributed by atoms with Crippen LogP contribution < -0.4 is 24.4 Å². The summed E-state index contributed by atoms with van der Waals surface area (Å²) in [4.78, 5) is 36.2. The van der Waals surface area contributed by atoms with Gasteiger partial charge in [0.15, 0.2) is 16.6 Å². The van der Waals surface area contributed by atoms with E-state index in [1.807, 2.05) is 60.7 Å². The largest absolute Gasteiger partial charge is 0.493 e. The minimum atomic E-state index is -1.18. The first-order valence-corrected chi connectivity index (χ1v) is 15.7. The Morgan fingerprint density at radius 3 is 2.73 bits per heavy atom. The van der Waals surface area contributed by atoms with E-state index in [1.165, 1.54) is 11.3 Å². The van der Waals surface area contributed by atoms with Crippen LogP contribution in [0.15, 0.2) is 72.8 Å². The Morgan fingerprint density at radius 1 is 0.956 bits per heavy atom. The number of aromatic nitrogens is 2. The van der Waals surface area contributed by atoms with Crippen LogP contribution in [-0.2, 0) is 12.8 Å². The number of carbonyl (C=O) groups excluding carboxylic acids is 1. The number of rotatable bonds is 9. The van der Waals surface area contributed by atoms with Crippen LogP contribution in [0.5, 0.6) is 17.2 Å². The normalized spacial score (nSPS) is 13.6. The average molecular weight is 623 g/mol. The number of pyridine rings is 1. The third kappa shape index (κ3) is 6.12. The highest BCUT2D eigenvalue weighted by atomic mass is 32.1. The van der Waals surface area contributed by atoms with Gasteiger partial charge in [-0.1, -0.05) is 35.6 Å². The molecule has 4 heterocycles. The zero-order valence-electron chi connectivity index (χ0n) is 24.3. The molecular weight excluding hydrogens is 592 g/mol. The van der Waals surface area contributed by atoms with Gasteiger partial charge in [0, 0.05) is 36.2 Å². The average Bonchev–Trinajstić information content (AvgIpc) is 3.70. The first-order chi connectivity index (χ1) is 22.0. The summed E-state index contributed by atoms with van der Waals surface area (Å²) in [7, 11) is 0. The van der Waals surface area contributed by atoms with Gasteiger partial charge in [0.25, 0.3) is 0 Å². The van der Waals surface area contributed by atoms with E-state index in [0.717, 1.165) is 57.8 Å². The number of nitrogens with one attached hydrogen (secondary N) is 1. The second-order valence-corrected chi connectivity index (χ2v) is 11.8. The van der Waals surface area contributed by atoms with Gasteiger partial charge in [0.1, 0.15) is 11.5 Å². The molecule has 7 rings (SSSR count). The quantitative estimate of drug-likeness (QED) is 0.172. The molecule has 0 fully saturated rings. The molecule has 0 unspecified atom stereocenters. The number of urea groups is 1. The third-order valence-corrected chi connectivity index (χ3v) is 8.74. The molecule has 2 amide bonds. The first kappa shape index (κ1) is 28.6. The molecule has 228 valence electrons. The standard InChI is InChI=1S/C34H30N4O6S/c39-32(40)31-29(43-17-4-16-42-24-10-12-28-23(19-24)14-18-44-28)13-11-25(35-31)22-9-8-21-5-3-15-38(27(21)20-22)34(41)37-33-36-26-6-1-2-7-30(26)45-33/h1-2,6-13,19-20H,3-5,14-18H2,(H,39,40)(H,36,37,41). The molecule has 2 aliphatic rings. The number of hydrogen-bond donors (Lipinski definition) is 2. The van der Waals surface area contributed by atoms with Crippen molar-refractivity contribution in [3.8, 4) is 28.5 Å². The van der Waals surface area contributed by atoms with Crippen LogP contribution in [-0.4, -0.2) is 53.4 Å². The van der Waals surface area contributed by atoms with Gasteiger partial charge in [0.2, 0.25) is 0 Å². The molecule has 11 heteroatoms. The fraction of sp³-hybridized carbons (Fsp3) is 0.235. The number of carboxylic acid groups (broad SMARTS) is 1. The topological polar surface area (TPSA) is 123 Å². The molecule has 10 nitrogen and oxygen atoms in total. The Hall–Kier alpha value is -5.16. The number of hydrogen-bond acceptors (Lipinski definition) is 8. The molecule has 0 saturated carbocycles. The molecule has 0 atom stereocenters. The fourth-order valence-electron chi connectivity index (χ4n) is 5.59. The van der Waals surface area contributed by atoms with Gasteiger partial charge in [-0.2, -0.15) is 0 Å². The van der Waals surface area contributed by atoms with E-state index in [0.29, 0.717) is 42.6 Å². The lowest BCUT2D eigenvalue weighted by Crippen LogP contribution is -2.38. The van der Waals surface area contributed by atoms with E-state index in [-0.39, 0.29) is 24.1 Å². The molecule has 0 spiro atoms. The summed E-state index contributed by atoms with van der Waals surface area (Å²) in [6.07, 6.45) is 3.11. The van der Waals surface area contributed by atoms with Crippen LogP contribution in [0.4, 0.5) is 15.6 Å². The van der Waals surface area contributed by atoms with Gasteiger partial charge in [-0.15, -0.1) is 0 Å². The number of thiazole rings is 1. The van der Waals surface area contributed by atoms with E-state index in [4.69, 9.17) is 14.2 Å². The summed E-state index contributed by atoms with van der Waals surface area (Å²) in [5.41, 5.74) is 4.80. The first-order valence-electron chi connectivity index (χ1n) is 14.8. The highest BCUT2D eigenvalue weighted by molar-refractivity contribution is 7.22. The number of aryl methyl sites for hydroxylation is 1. The lowest BCUT2D eigenvalue weighted by atomic mass is 9.98. The summed E-state index contributed by atoms with van der Waals surface area (Å²) in [6, 6.07) is 22.4. The number of ether oxygens (including phenoxy) is 3. The molecule has 0 bridgehead atoms. The van der Waals surface area contributed by atoms with Gasteiger partial charge < -0.3 is 19.3 Å². The zero-order valence-corrected chi connectivity index (χ0v) is 25.1. The molecule has 0 aliphatic carbocycles.